The molecule has 0 unspecified atom stereocenters. The van der Waals surface area contributed by atoms with E-state index in [9.17, 15) is 4.79 Å². The van der Waals surface area contributed by atoms with Crippen LogP contribution in [0.5, 0.6) is 0 Å². The summed E-state index contributed by atoms with van der Waals surface area (Å²) in [6.07, 6.45) is 0.884. The van der Waals surface area contributed by atoms with E-state index in [4.69, 9.17) is 12.2 Å². The minimum Gasteiger partial charge on any atom is -0.331 e. The largest absolute Gasteiger partial charge is 0.331 e. The zero-order valence-electron chi connectivity index (χ0n) is 13.8. The lowest BCUT2D eigenvalue weighted by Crippen LogP contribution is -2.44. The molecule has 1 aliphatic carbocycles. The first-order valence-electron chi connectivity index (χ1n) is 8.03. The zero-order valence-corrected chi connectivity index (χ0v) is 14.6. The second kappa shape index (κ2) is 7.01. The fraction of sp³-hybridized carbons (Fsp3) is 0.263. The van der Waals surface area contributed by atoms with Gasteiger partial charge in [0.2, 0.25) is 5.91 Å². The van der Waals surface area contributed by atoms with Crippen molar-refractivity contribution in [1.82, 2.24) is 10.9 Å². The minimum atomic E-state index is -0.0195. The fourth-order valence-electron chi connectivity index (χ4n) is 2.76. The van der Waals surface area contributed by atoms with Gasteiger partial charge in [-0.1, -0.05) is 42.0 Å². The predicted octanol–water partition coefficient (Wildman–Crippen LogP) is 3.42. The number of nitrogens with one attached hydrogen (secondary N) is 3. The molecular formula is C19H21N3OS. The van der Waals surface area contributed by atoms with Crippen molar-refractivity contribution in [1.29, 1.82) is 0 Å². The van der Waals surface area contributed by atoms with Crippen molar-refractivity contribution in [3.05, 3.63) is 65.2 Å². The Labute approximate surface area is 147 Å². The van der Waals surface area contributed by atoms with Crippen molar-refractivity contribution in [2.24, 2.45) is 5.92 Å². The van der Waals surface area contributed by atoms with Crippen molar-refractivity contribution >= 4 is 28.9 Å². The predicted molar refractivity (Wildman–Crippen MR) is 101 cm³/mol. The number of thiocarbonyl (C=S) groups is 1. The van der Waals surface area contributed by atoms with E-state index < -0.39 is 0 Å². The molecule has 0 spiro atoms. The van der Waals surface area contributed by atoms with Gasteiger partial charge in [-0.25, -0.2) is 0 Å². The number of rotatable bonds is 3. The molecule has 5 heteroatoms. The molecule has 0 aromatic heterocycles. The van der Waals surface area contributed by atoms with Gasteiger partial charge in [0.25, 0.3) is 0 Å². The van der Waals surface area contributed by atoms with Crippen molar-refractivity contribution in [2.45, 2.75) is 26.2 Å². The SMILES string of the molecule is Cc1ccc([C@@H]2C[C@@H]2C(=O)NNC(=S)Nc2cccc(C)c2)cc1. The normalized spacial score (nSPS) is 18.6. The molecule has 0 aliphatic heterocycles. The van der Waals surface area contributed by atoms with Crippen LogP contribution in [0.25, 0.3) is 0 Å². The molecule has 4 nitrogen and oxygen atoms in total. The van der Waals surface area contributed by atoms with Gasteiger partial charge in [-0.15, -0.1) is 0 Å². The third-order valence-corrected chi connectivity index (χ3v) is 4.41. The molecule has 0 radical (unpaired) electrons. The van der Waals surface area contributed by atoms with Crippen LogP contribution in [0.4, 0.5) is 5.69 Å². The quantitative estimate of drug-likeness (QED) is 0.592. The highest BCUT2D eigenvalue weighted by molar-refractivity contribution is 7.80. The van der Waals surface area contributed by atoms with Crippen molar-refractivity contribution in [2.75, 3.05) is 5.32 Å². The van der Waals surface area contributed by atoms with E-state index in [-0.39, 0.29) is 11.8 Å². The number of hydrazine groups is 1. The highest BCUT2D eigenvalue weighted by Gasteiger charge is 2.43. The van der Waals surface area contributed by atoms with Crippen molar-refractivity contribution in [3.63, 3.8) is 0 Å². The molecule has 0 bridgehead atoms. The Morgan fingerprint density at radius 1 is 1.04 bits per heavy atom. The van der Waals surface area contributed by atoms with E-state index >= 15 is 0 Å². The second-order valence-corrected chi connectivity index (χ2v) is 6.71. The Hall–Kier alpha value is -2.40. The van der Waals surface area contributed by atoms with Crippen LogP contribution < -0.4 is 16.2 Å². The van der Waals surface area contributed by atoms with E-state index in [1.54, 1.807) is 0 Å². The van der Waals surface area contributed by atoms with Gasteiger partial charge in [-0.05, 0) is 61.7 Å². The highest BCUT2D eigenvalue weighted by Crippen LogP contribution is 2.47. The monoisotopic (exact) mass is 339 g/mol. The standard InChI is InChI=1S/C19H21N3OS/c1-12-6-8-14(9-7-12)16-11-17(16)18(23)21-22-19(24)20-15-5-3-4-13(2)10-15/h3-10,16-17H,11H2,1-2H3,(H,21,23)(H2,20,22,24)/t16-,17-/m0/s1. The average molecular weight is 339 g/mol. The molecule has 1 aliphatic rings. The molecule has 2 atom stereocenters. The molecule has 3 rings (SSSR count). The fourth-order valence-corrected chi connectivity index (χ4v) is 2.93. The zero-order chi connectivity index (χ0) is 17.1. The first-order chi connectivity index (χ1) is 11.5. The van der Waals surface area contributed by atoms with Gasteiger partial charge >= 0.3 is 0 Å². The van der Waals surface area contributed by atoms with Crippen molar-refractivity contribution < 1.29 is 4.79 Å². The lowest BCUT2D eigenvalue weighted by Gasteiger charge is -2.12. The molecular weight excluding hydrogens is 318 g/mol. The Kier molecular flexibility index (Phi) is 4.81. The van der Waals surface area contributed by atoms with Crippen LogP contribution in [0.2, 0.25) is 0 Å². The maximum Gasteiger partial charge on any atom is 0.242 e. The number of hydrogen-bond donors (Lipinski definition) is 3. The van der Waals surface area contributed by atoms with E-state index in [0.717, 1.165) is 17.7 Å². The van der Waals surface area contributed by atoms with Crippen LogP contribution in [0.15, 0.2) is 48.5 Å². The van der Waals surface area contributed by atoms with E-state index in [0.29, 0.717) is 11.0 Å². The highest BCUT2D eigenvalue weighted by atomic mass is 32.1. The Morgan fingerprint density at radius 2 is 1.79 bits per heavy atom. The number of aryl methyl sites for hydroxylation is 2. The van der Waals surface area contributed by atoms with Gasteiger partial charge in [-0.2, -0.15) is 0 Å². The number of carbonyl (C=O) groups is 1. The minimum absolute atomic E-state index is 0.0157. The molecule has 2 aromatic carbocycles. The van der Waals surface area contributed by atoms with Crippen LogP contribution in [-0.2, 0) is 4.79 Å². The van der Waals surface area contributed by atoms with Gasteiger partial charge in [-0.3, -0.25) is 15.6 Å². The molecule has 24 heavy (non-hydrogen) atoms. The van der Waals surface area contributed by atoms with Gasteiger partial charge in [0.05, 0.1) is 0 Å². The van der Waals surface area contributed by atoms with Crippen LogP contribution in [0.3, 0.4) is 0 Å². The molecule has 3 N–H and O–H groups in total. The lowest BCUT2D eigenvalue weighted by molar-refractivity contribution is -0.122. The maximum atomic E-state index is 12.2. The van der Waals surface area contributed by atoms with E-state index in [2.05, 4.69) is 47.4 Å². The molecule has 1 amide bonds. The number of anilines is 1. The topological polar surface area (TPSA) is 53.2 Å². The third kappa shape index (κ3) is 4.11. The van der Waals surface area contributed by atoms with Gasteiger partial charge in [0, 0.05) is 11.6 Å². The summed E-state index contributed by atoms with van der Waals surface area (Å²) in [5, 5.41) is 3.43. The Morgan fingerprint density at radius 3 is 2.50 bits per heavy atom. The van der Waals surface area contributed by atoms with Gasteiger partial charge in [0.15, 0.2) is 5.11 Å². The number of amides is 1. The second-order valence-electron chi connectivity index (χ2n) is 6.30. The molecule has 1 saturated carbocycles. The lowest BCUT2D eigenvalue weighted by atomic mass is 10.1. The van der Waals surface area contributed by atoms with Crippen LogP contribution in [0.1, 0.15) is 29.0 Å². The van der Waals surface area contributed by atoms with Crippen LogP contribution >= 0.6 is 12.2 Å². The number of carbonyl (C=O) groups excluding carboxylic acids is 1. The first kappa shape index (κ1) is 16.5. The summed E-state index contributed by atoms with van der Waals surface area (Å²) >= 11 is 5.20. The van der Waals surface area contributed by atoms with Gasteiger partial charge in [0.1, 0.15) is 0 Å². The summed E-state index contributed by atoms with van der Waals surface area (Å²) in [4.78, 5) is 12.2. The molecule has 2 aromatic rings. The Bertz CT molecular complexity index is 757. The maximum absolute atomic E-state index is 12.2. The summed E-state index contributed by atoms with van der Waals surface area (Å²) in [6, 6.07) is 16.3. The third-order valence-electron chi connectivity index (χ3n) is 4.21. The molecule has 0 saturated heterocycles. The summed E-state index contributed by atoms with van der Waals surface area (Å²) in [5.41, 5.74) is 9.96. The molecule has 124 valence electrons. The van der Waals surface area contributed by atoms with Gasteiger partial charge < -0.3 is 5.32 Å². The first-order valence-corrected chi connectivity index (χ1v) is 8.44. The van der Waals surface area contributed by atoms with E-state index in [1.165, 1.54) is 11.1 Å². The smallest absolute Gasteiger partial charge is 0.242 e. The average Bonchev–Trinajstić information content (AvgIpc) is 3.34. The summed E-state index contributed by atoms with van der Waals surface area (Å²) < 4.78 is 0. The number of hydrogen-bond acceptors (Lipinski definition) is 2. The molecule has 1 fully saturated rings. The van der Waals surface area contributed by atoms with E-state index in [1.807, 2.05) is 31.2 Å². The summed E-state index contributed by atoms with van der Waals surface area (Å²) in [7, 11) is 0. The summed E-state index contributed by atoms with van der Waals surface area (Å²) in [5.74, 6) is 0.307. The van der Waals surface area contributed by atoms with Crippen LogP contribution in [0, 0.1) is 19.8 Å². The summed E-state index contributed by atoms with van der Waals surface area (Å²) in [6.45, 7) is 4.08. The molecule has 0 heterocycles. The Balaban J connectivity index is 1.46. The van der Waals surface area contributed by atoms with Crippen LogP contribution in [-0.4, -0.2) is 11.0 Å². The number of benzene rings is 2. The van der Waals surface area contributed by atoms with Crippen molar-refractivity contribution in [3.8, 4) is 0 Å².